The van der Waals surface area contributed by atoms with Crippen LogP contribution in [0.2, 0.25) is 0 Å². The zero-order valence-corrected chi connectivity index (χ0v) is 19.2. The number of carbonyl (C=O) groups is 2. The van der Waals surface area contributed by atoms with Crippen LogP contribution in [-0.4, -0.2) is 27.8 Å². The molecule has 0 aliphatic heterocycles. The molecule has 0 atom stereocenters. The van der Waals surface area contributed by atoms with Gasteiger partial charge < -0.3 is 5.32 Å². The number of carbonyl (C=O) groups excluding carboxylic acids is 2. The van der Waals surface area contributed by atoms with Crippen LogP contribution < -0.4 is 10.6 Å². The molecule has 2 aromatic carbocycles. The van der Waals surface area contributed by atoms with Crippen LogP contribution in [0.4, 0.5) is 24.0 Å². The van der Waals surface area contributed by atoms with Crippen molar-refractivity contribution in [3.63, 3.8) is 0 Å². The fraction of sp³-hybridized carbons (Fsp3) is 0.273. The fourth-order valence-electron chi connectivity index (χ4n) is 2.87. The van der Waals surface area contributed by atoms with Gasteiger partial charge in [0.05, 0.1) is 16.9 Å². The standard InChI is InChI=1S/C22H21F3N4O2S2/c1-2-3-6-14-9-11-15(12-10-14)26-18(30)13-32-21-29-28-20(33-21)27-19(31)16-7-4-5-8-17(16)22(23,24)25/h4-5,7-12H,2-3,6,13H2,1H3,(H,26,30)(H,27,28,31). The van der Waals surface area contributed by atoms with Gasteiger partial charge in [0.15, 0.2) is 4.34 Å². The first kappa shape index (κ1) is 24.7. The maximum Gasteiger partial charge on any atom is 0.417 e. The molecule has 1 heterocycles. The normalized spacial score (nSPS) is 11.3. The van der Waals surface area contributed by atoms with E-state index >= 15 is 0 Å². The van der Waals surface area contributed by atoms with E-state index in [0.29, 0.717) is 10.0 Å². The molecule has 174 valence electrons. The van der Waals surface area contributed by atoms with E-state index in [2.05, 4.69) is 27.8 Å². The Hall–Kier alpha value is -2.92. The van der Waals surface area contributed by atoms with Crippen molar-refractivity contribution in [2.45, 2.75) is 36.7 Å². The number of alkyl halides is 3. The Morgan fingerprint density at radius 1 is 1.03 bits per heavy atom. The van der Waals surface area contributed by atoms with Crippen molar-refractivity contribution < 1.29 is 22.8 Å². The van der Waals surface area contributed by atoms with Crippen LogP contribution >= 0.6 is 23.1 Å². The van der Waals surface area contributed by atoms with Crippen LogP contribution in [0.5, 0.6) is 0 Å². The molecule has 0 bridgehead atoms. The summed E-state index contributed by atoms with van der Waals surface area (Å²) in [6, 6.07) is 12.2. The molecule has 2 N–H and O–H groups in total. The van der Waals surface area contributed by atoms with Crippen molar-refractivity contribution in [3.05, 3.63) is 65.2 Å². The lowest BCUT2D eigenvalue weighted by molar-refractivity contribution is -0.137. The van der Waals surface area contributed by atoms with Crippen molar-refractivity contribution in [1.82, 2.24) is 10.2 Å². The minimum atomic E-state index is -4.65. The molecule has 0 aliphatic carbocycles. The van der Waals surface area contributed by atoms with E-state index < -0.39 is 23.2 Å². The molecule has 0 radical (unpaired) electrons. The van der Waals surface area contributed by atoms with Gasteiger partial charge in [0.2, 0.25) is 11.0 Å². The summed E-state index contributed by atoms with van der Waals surface area (Å²) >= 11 is 2.09. The molecule has 0 unspecified atom stereocenters. The SMILES string of the molecule is CCCCc1ccc(NC(=O)CSc2nnc(NC(=O)c3ccccc3C(F)(F)F)s2)cc1. The summed E-state index contributed by atoms with van der Waals surface area (Å²) < 4.78 is 39.7. The van der Waals surface area contributed by atoms with Crippen molar-refractivity contribution in [3.8, 4) is 0 Å². The molecule has 6 nitrogen and oxygen atoms in total. The lowest BCUT2D eigenvalue weighted by atomic mass is 10.1. The maximum absolute atomic E-state index is 13.1. The number of nitrogens with zero attached hydrogens (tertiary/aromatic N) is 2. The molecular weight excluding hydrogens is 473 g/mol. The van der Waals surface area contributed by atoms with Gasteiger partial charge in [-0.3, -0.25) is 14.9 Å². The van der Waals surface area contributed by atoms with Gasteiger partial charge in [-0.2, -0.15) is 13.2 Å². The highest BCUT2D eigenvalue weighted by Crippen LogP contribution is 2.32. The second-order valence-electron chi connectivity index (χ2n) is 7.01. The number of aryl methyl sites for hydroxylation is 1. The Morgan fingerprint density at radius 3 is 2.45 bits per heavy atom. The molecule has 3 aromatic rings. The van der Waals surface area contributed by atoms with Gasteiger partial charge in [-0.1, -0.05) is 60.7 Å². The Labute approximate surface area is 197 Å². The summed E-state index contributed by atoms with van der Waals surface area (Å²) in [5, 5.41) is 12.8. The van der Waals surface area contributed by atoms with Crippen LogP contribution in [-0.2, 0) is 17.4 Å². The molecule has 0 spiro atoms. The van der Waals surface area contributed by atoms with E-state index in [-0.39, 0.29) is 16.8 Å². The zero-order valence-electron chi connectivity index (χ0n) is 17.6. The van der Waals surface area contributed by atoms with E-state index in [9.17, 15) is 22.8 Å². The highest BCUT2D eigenvalue weighted by atomic mass is 32.2. The lowest BCUT2D eigenvalue weighted by Crippen LogP contribution is -2.18. The molecule has 33 heavy (non-hydrogen) atoms. The Kier molecular flexibility index (Phi) is 8.45. The van der Waals surface area contributed by atoms with Gasteiger partial charge in [-0.05, 0) is 42.7 Å². The zero-order chi connectivity index (χ0) is 23.8. The number of halogens is 3. The minimum absolute atomic E-state index is 0.0440. The average Bonchev–Trinajstić information content (AvgIpc) is 3.24. The van der Waals surface area contributed by atoms with E-state index in [4.69, 9.17) is 0 Å². The second kappa shape index (κ2) is 11.3. The molecule has 0 saturated heterocycles. The molecule has 1 aromatic heterocycles. The number of amides is 2. The van der Waals surface area contributed by atoms with Crippen molar-refractivity contribution in [2.24, 2.45) is 0 Å². The van der Waals surface area contributed by atoms with Crippen molar-refractivity contribution >= 4 is 45.7 Å². The first-order chi connectivity index (χ1) is 15.8. The number of hydrogen-bond donors (Lipinski definition) is 2. The third-order valence-corrected chi connectivity index (χ3v) is 6.46. The molecule has 2 amide bonds. The van der Waals surface area contributed by atoms with Crippen LogP contribution in [0, 0.1) is 0 Å². The Morgan fingerprint density at radius 2 is 1.76 bits per heavy atom. The number of thioether (sulfide) groups is 1. The third kappa shape index (κ3) is 7.29. The second-order valence-corrected chi connectivity index (χ2v) is 9.21. The van der Waals surface area contributed by atoms with E-state index in [1.54, 1.807) is 0 Å². The lowest BCUT2D eigenvalue weighted by Gasteiger charge is -2.11. The summed E-state index contributed by atoms with van der Waals surface area (Å²) in [6.07, 6.45) is -1.42. The van der Waals surface area contributed by atoms with Crippen LogP contribution in [0.25, 0.3) is 0 Å². The maximum atomic E-state index is 13.1. The summed E-state index contributed by atoms with van der Waals surface area (Å²) in [7, 11) is 0. The summed E-state index contributed by atoms with van der Waals surface area (Å²) in [6.45, 7) is 2.13. The number of anilines is 2. The highest BCUT2D eigenvalue weighted by Gasteiger charge is 2.35. The number of nitrogens with one attached hydrogen (secondary N) is 2. The third-order valence-electron chi connectivity index (χ3n) is 4.49. The number of unbranched alkanes of at least 4 members (excludes halogenated alkanes) is 1. The van der Waals surface area contributed by atoms with E-state index in [1.807, 2.05) is 24.3 Å². The largest absolute Gasteiger partial charge is 0.417 e. The van der Waals surface area contributed by atoms with Gasteiger partial charge in [-0.15, -0.1) is 10.2 Å². The topological polar surface area (TPSA) is 84.0 Å². The molecule has 11 heteroatoms. The minimum Gasteiger partial charge on any atom is -0.325 e. The average molecular weight is 495 g/mol. The van der Waals surface area contributed by atoms with Crippen LogP contribution in [0.1, 0.15) is 41.3 Å². The molecule has 0 fully saturated rings. The van der Waals surface area contributed by atoms with Gasteiger partial charge >= 0.3 is 6.18 Å². The van der Waals surface area contributed by atoms with Crippen molar-refractivity contribution in [2.75, 3.05) is 16.4 Å². The smallest absolute Gasteiger partial charge is 0.325 e. The number of hydrogen-bond acceptors (Lipinski definition) is 6. The van der Waals surface area contributed by atoms with Gasteiger partial charge in [-0.25, -0.2) is 0 Å². The van der Waals surface area contributed by atoms with Gasteiger partial charge in [0, 0.05) is 5.69 Å². The van der Waals surface area contributed by atoms with E-state index in [0.717, 1.165) is 54.5 Å². The summed E-state index contributed by atoms with van der Waals surface area (Å²) in [5.74, 6) is -1.10. The van der Waals surface area contributed by atoms with Crippen LogP contribution in [0.3, 0.4) is 0 Å². The first-order valence-electron chi connectivity index (χ1n) is 10.1. The molecule has 0 saturated carbocycles. The number of rotatable bonds is 9. The Balaban J connectivity index is 1.52. The number of benzene rings is 2. The van der Waals surface area contributed by atoms with Gasteiger partial charge in [0.1, 0.15) is 0 Å². The van der Waals surface area contributed by atoms with E-state index in [1.165, 1.54) is 17.7 Å². The predicted molar refractivity (Wildman–Crippen MR) is 124 cm³/mol. The summed E-state index contributed by atoms with van der Waals surface area (Å²) in [5.41, 5.74) is 0.367. The van der Waals surface area contributed by atoms with Gasteiger partial charge in [0.25, 0.3) is 5.91 Å². The molecular formula is C22H21F3N4O2S2. The predicted octanol–water partition coefficient (Wildman–Crippen LogP) is 5.88. The van der Waals surface area contributed by atoms with Crippen LogP contribution in [0.15, 0.2) is 52.9 Å². The molecule has 3 rings (SSSR count). The quantitative estimate of drug-likeness (QED) is 0.287. The van der Waals surface area contributed by atoms with Crippen molar-refractivity contribution in [1.29, 1.82) is 0 Å². The number of aromatic nitrogens is 2. The molecule has 0 aliphatic rings. The monoisotopic (exact) mass is 494 g/mol. The first-order valence-corrected chi connectivity index (χ1v) is 11.9. The fourth-order valence-corrected chi connectivity index (χ4v) is 4.42. The summed E-state index contributed by atoms with van der Waals surface area (Å²) in [4.78, 5) is 24.5. The highest BCUT2D eigenvalue weighted by molar-refractivity contribution is 8.01. The Bertz CT molecular complexity index is 1100.